The Kier molecular flexibility index (Phi) is 3.13. The van der Waals surface area contributed by atoms with Gasteiger partial charge in [-0.3, -0.25) is 9.59 Å². The summed E-state index contributed by atoms with van der Waals surface area (Å²) in [4.78, 5) is 22.9. The van der Waals surface area contributed by atoms with Crippen LogP contribution >= 0.6 is 0 Å². The maximum absolute atomic E-state index is 11.9. The van der Waals surface area contributed by atoms with Crippen LogP contribution in [0.1, 0.15) is 24.5 Å². The minimum atomic E-state index is -0.430. The monoisotopic (exact) mass is 232 g/mol. The van der Waals surface area contributed by atoms with E-state index in [0.29, 0.717) is 6.42 Å². The lowest BCUT2D eigenvalue weighted by atomic mass is 10.0. The molecule has 90 valence electrons. The van der Waals surface area contributed by atoms with Crippen molar-refractivity contribution in [3.63, 3.8) is 0 Å². The fraction of sp³-hybridized carbons (Fsp3) is 0.385. The number of carbonyl (C=O) groups excluding carboxylic acids is 2. The van der Waals surface area contributed by atoms with Crippen LogP contribution < -0.4 is 10.6 Å². The number of hydrogen-bond donors (Lipinski definition) is 2. The summed E-state index contributed by atoms with van der Waals surface area (Å²) in [5.74, 6) is -0.308. The van der Waals surface area contributed by atoms with Crippen LogP contribution in [0.15, 0.2) is 18.2 Å². The van der Waals surface area contributed by atoms with E-state index in [0.717, 1.165) is 23.2 Å². The van der Waals surface area contributed by atoms with E-state index in [2.05, 4.69) is 10.6 Å². The highest BCUT2D eigenvalue weighted by atomic mass is 16.2. The molecule has 0 spiro atoms. The maximum atomic E-state index is 11.9. The SMILES string of the molecule is CC(=O)N[C@H]1CCc2ccc(C)cc2NC1=O. The molecule has 0 radical (unpaired) electrons. The molecule has 4 nitrogen and oxygen atoms in total. The molecule has 2 rings (SSSR count). The summed E-state index contributed by atoms with van der Waals surface area (Å²) in [6.45, 7) is 3.41. The standard InChI is InChI=1S/C13H16N2O2/c1-8-3-4-10-5-6-11(14-9(2)16)13(17)15-12(10)7-8/h3-4,7,11H,5-6H2,1-2H3,(H,14,16)(H,15,17)/t11-/m0/s1. The first-order chi connectivity index (χ1) is 8.06. The quantitative estimate of drug-likeness (QED) is 0.768. The van der Waals surface area contributed by atoms with E-state index in [1.807, 2.05) is 25.1 Å². The molecule has 0 aliphatic carbocycles. The van der Waals surface area contributed by atoms with Crippen molar-refractivity contribution in [2.24, 2.45) is 0 Å². The normalized spacial score (nSPS) is 18.9. The predicted octanol–water partition coefficient (Wildman–Crippen LogP) is 1.38. The van der Waals surface area contributed by atoms with Gasteiger partial charge in [-0.2, -0.15) is 0 Å². The van der Waals surface area contributed by atoms with Gasteiger partial charge < -0.3 is 10.6 Å². The van der Waals surface area contributed by atoms with E-state index in [4.69, 9.17) is 0 Å². The lowest BCUT2D eigenvalue weighted by molar-refractivity contribution is -0.125. The van der Waals surface area contributed by atoms with Crippen molar-refractivity contribution < 1.29 is 9.59 Å². The molecule has 0 unspecified atom stereocenters. The third-order valence-electron chi connectivity index (χ3n) is 2.92. The number of amides is 2. The third kappa shape index (κ3) is 2.64. The highest BCUT2D eigenvalue weighted by Crippen LogP contribution is 2.23. The van der Waals surface area contributed by atoms with Crippen molar-refractivity contribution in [3.05, 3.63) is 29.3 Å². The summed E-state index contributed by atoms with van der Waals surface area (Å²) >= 11 is 0. The van der Waals surface area contributed by atoms with Gasteiger partial charge in [0.15, 0.2) is 0 Å². The van der Waals surface area contributed by atoms with Crippen molar-refractivity contribution in [1.82, 2.24) is 5.32 Å². The topological polar surface area (TPSA) is 58.2 Å². The summed E-state index contributed by atoms with van der Waals surface area (Å²) in [6, 6.07) is 5.59. The van der Waals surface area contributed by atoms with Crippen LogP contribution in [0.3, 0.4) is 0 Å². The van der Waals surface area contributed by atoms with Gasteiger partial charge in [-0.05, 0) is 37.0 Å². The van der Waals surface area contributed by atoms with Crippen LogP contribution in [0.25, 0.3) is 0 Å². The molecular weight excluding hydrogens is 216 g/mol. The molecule has 1 aromatic rings. The lowest BCUT2D eigenvalue weighted by Gasteiger charge is -2.13. The van der Waals surface area contributed by atoms with Crippen LogP contribution in [0.2, 0.25) is 0 Å². The van der Waals surface area contributed by atoms with Crippen molar-refractivity contribution >= 4 is 17.5 Å². The number of carbonyl (C=O) groups is 2. The fourth-order valence-electron chi connectivity index (χ4n) is 2.06. The molecule has 1 aliphatic heterocycles. The van der Waals surface area contributed by atoms with Gasteiger partial charge in [0.25, 0.3) is 0 Å². The van der Waals surface area contributed by atoms with Crippen molar-refractivity contribution in [2.45, 2.75) is 32.7 Å². The van der Waals surface area contributed by atoms with Crippen LogP contribution in [0.4, 0.5) is 5.69 Å². The third-order valence-corrected chi connectivity index (χ3v) is 2.92. The maximum Gasteiger partial charge on any atom is 0.246 e. The molecule has 2 amide bonds. The second-order valence-corrected chi connectivity index (χ2v) is 4.44. The van der Waals surface area contributed by atoms with Gasteiger partial charge >= 0.3 is 0 Å². The number of hydrogen-bond acceptors (Lipinski definition) is 2. The summed E-state index contributed by atoms with van der Waals surface area (Å²) < 4.78 is 0. The molecule has 1 heterocycles. The summed E-state index contributed by atoms with van der Waals surface area (Å²) in [7, 11) is 0. The Bertz CT molecular complexity index is 468. The minimum absolute atomic E-state index is 0.135. The molecule has 0 fully saturated rings. The molecule has 1 aromatic carbocycles. The Balaban J connectivity index is 2.22. The fourth-order valence-corrected chi connectivity index (χ4v) is 2.06. The first-order valence-electron chi connectivity index (χ1n) is 5.74. The second kappa shape index (κ2) is 4.57. The molecule has 1 aliphatic rings. The molecule has 4 heteroatoms. The van der Waals surface area contributed by atoms with Gasteiger partial charge in [0, 0.05) is 12.6 Å². The van der Waals surface area contributed by atoms with E-state index >= 15 is 0 Å². The highest BCUT2D eigenvalue weighted by Gasteiger charge is 2.23. The number of anilines is 1. The molecule has 0 aromatic heterocycles. The zero-order valence-electron chi connectivity index (χ0n) is 10.0. The molecule has 1 atom stereocenters. The Morgan fingerprint density at radius 1 is 1.47 bits per heavy atom. The van der Waals surface area contributed by atoms with E-state index in [1.54, 1.807) is 0 Å². The summed E-state index contributed by atoms with van der Waals surface area (Å²) in [5, 5.41) is 5.53. The first-order valence-corrected chi connectivity index (χ1v) is 5.74. The predicted molar refractivity (Wildman–Crippen MR) is 65.7 cm³/mol. The van der Waals surface area contributed by atoms with Gasteiger partial charge in [0.05, 0.1) is 0 Å². The van der Waals surface area contributed by atoms with Crippen LogP contribution in [-0.2, 0) is 16.0 Å². The number of aryl methyl sites for hydroxylation is 2. The highest BCUT2D eigenvalue weighted by molar-refractivity contribution is 5.98. The summed E-state index contributed by atoms with van der Waals surface area (Å²) in [6.07, 6.45) is 1.43. The average Bonchev–Trinajstić information content (AvgIpc) is 2.38. The first kappa shape index (κ1) is 11.6. The van der Waals surface area contributed by atoms with Gasteiger partial charge in [-0.1, -0.05) is 12.1 Å². The Hall–Kier alpha value is -1.84. The molecule has 2 N–H and O–H groups in total. The molecule has 17 heavy (non-hydrogen) atoms. The van der Waals surface area contributed by atoms with Crippen molar-refractivity contribution in [3.8, 4) is 0 Å². The van der Waals surface area contributed by atoms with E-state index in [9.17, 15) is 9.59 Å². The average molecular weight is 232 g/mol. The van der Waals surface area contributed by atoms with Crippen molar-refractivity contribution in [1.29, 1.82) is 0 Å². The van der Waals surface area contributed by atoms with Crippen LogP contribution in [-0.4, -0.2) is 17.9 Å². The van der Waals surface area contributed by atoms with Gasteiger partial charge in [-0.15, -0.1) is 0 Å². The van der Waals surface area contributed by atoms with Gasteiger partial charge in [-0.25, -0.2) is 0 Å². The van der Waals surface area contributed by atoms with E-state index in [-0.39, 0.29) is 11.8 Å². The van der Waals surface area contributed by atoms with Gasteiger partial charge in [0.1, 0.15) is 6.04 Å². The zero-order valence-corrected chi connectivity index (χ0v) is 10.0. The number of nitrogens with one attached hydrogen (secondary N) is 2. The Morgan fingerprint density at radius 2 is 2.24 bits per heavy atom. The lowest BCUT2D eigenvalue weighted by Crippen LogP contribution is -2.42. The number of rotatable bonds is 1. The molecule has 0 saturated heterocycles. The van der Waals surface area contributed by atoms with Crippen molar-refractivity contribution in [2.75, 3.05) is 5.32 Å². The zero-order chi connectivity index (χ0) is 12.4. The van der Waals surface area contributed by atoms with E-state index in [1.165, 1.54) is 6.92 Å². The number of benzene rings is 1. The molecule has 0 saturated carbocycles. The largest absolute Gasteiger partial charge is 0.345 e. The molecular formula is C13H16N2O2. The van der Waals surface area contributed by atoms with Crippen LogP contribution in [0, 0.1) is 6.92 Å². The smallest absolute Gasteiger partial charge is 0.246 e. The van der Waals surface area contributed by atoms with Crippen LogP contribution in [0.5, 0.6) is 0 Å². The van der Waals surface area contributed by atoms with E-state index < -0.39 is 6.04 Å². The number of fused-ring (bicyclic) bond motifs is 1. The summed E-state index contributed by atoms with van der Waals surface area (Å²) in [5.41, 5.74) is 3.10. The molecule has 0 bridgehead atoms. The Morgan fingerprint density at radius 3 is 2.94 bits per heavy atom. The second-order valence-electron chi connectivity index (χ2n) is 4.44. The Labute approximate surface area is 100 Å². The van der Waals surface area contributed by atoms with Gasteiger partial charge in [0.2, 0.25) is 11.8 Å². The minimum Gasteiger partial charge on any atom is -0.345 e.